The maximum atomic E-state index is 15.4. The smallest absolute Gasteiger partial charge is 0.407 e. The minimum Gasteiger partial charge on any atom is -0.445 e. The number of carbonyl (C=O) groups is 2. The molecule has 0 bridgehead atoms. The average Bonchev–Trinajstić information content (AvgIpc) is 3.77. The fraction of sp³-hybridized carbons (Fsp3) is 0.333. The molecule has 2 aliphatic rings. The summed E-state index contributed by atoms with van der Waals surface area (Å²) in [7, 11) is -4.33. The third kappa shape index (κ3) is 13.3. The molecule has 2 aliphatic carbocycles. The Labute approximate surface area is 431 Å². The number of nitrogens with zero attached hydrogens (tertiary/aromatic N) is 5. The van der Waals surface area contributed by atoms with Crippen molar-refractivity contribution in [3.63, 3.8) is 0 Å². The third-order valence-electron chi connectivity index (χ3n) is 13.0. The number of hydrogen-bond acceptors (Lipinski definition) is 11. The average molecular weight is 1060 g/mol. The summed E-state index contributed by atoms with van der Waals surface area (Å²) >= 11 is 5.86. The van der Waals surface area contributed by atoms with Crippen LogP contribution in [0.1, 0.15) is 85.1 Å². The molecule has 3 heterocycles. The van der Waals surface area contributed by atoms with Crippen LogP contribution < -0.4 is 16.0 Å². The molecule has 0 radical (unpaired) electrons. The largest absolute Gasteiger partial charge is 0.445 e. The van der Waals surface area contributed by atoms with Gasteiger partial charge in [0.25, 0.3) is 10.0 Å². The topological polar surface area (TPSA) is 179 Å². The molecule has 14 nitrogen and oxygen atoms in total. The second-order valence-electron chi connectivity index (χ2n) is 18.6. The Bertz CT molecular complexity index is 3230. The van der Waals surface area contributed by atoms with E-state index in [-0.39, 0.29) is 86.9 Å². The van der Waals surface area contributed by atoms with Crippen LogP contribution in [-0.4, -0.2) is 62.6 Å². The van der Waals surface area contributed by atoms with Gasteiger partial charge in [-0.25, -0.2) is 59.5 Å². The number of nitrogens with one attached hydrogen (secondary N) is 3. The number of amides is 2. The molecule has 4 aromatic carbocycles. The summed E-state index contributed by atoms with van der Waals surface area (Å²) in [5, 5.41) is 8.89. The first-order chi connectivity index (χ1) is 35.5. The van der Waals surface area contributed by atoms with Gasteiger partial charge >= 0.3 is 12.2 Å². The van der Waals surface area contributed by atoms with Gasteiger partial charge in [-0.2, -0.15) is 0 Å². The van der Waals surface area contributed by atoms with E-state index in [0.29, 0.717) is 37.4 Å². The zero-order valence-electron chi connectivity index (χ0n) is 40.9. The van der Waals surface area contributed by atoms with Crippen LogP contribution in [0.2, 0.25) is 5.28 Å². The first-order valence-electron chi connectivity index (χ1n) is 24.3. The Morgan fingerprint density at radius 1 is 0.703 bits per heavy atom. The number of ether oxygens (including phenoxy) is 2. The van der Waals surface area contributed by atoms with Gasteiger partial charge in [-0.15, -0.1) is 0 Å². The van der Waals surface area contributed by atoms with E-state index in [1.165, 1.54) is 19.1 Å². The predicted molar refractivity (Wildman–Crippen MR) is 272 cm³/mol. The van der Waals surface area contributed by atoms with E-state index >= 15 is 8.78 Å². The lowest BCUT2D eigenvalue weighted by Gasteiger charge is -2.30. The number of carbonyl (C=O) groups excluding carboxylic acids is 2. The molecule has 7 aromatic rings. The van der Waals surface area contributed by atoms with Gasteiger partial charge in [0.15, 0.2) is 29.1 Å². The normalized spacial score (nSPS) is 17.7. The highest BCUT2D eigenvalue weighted by Crippen LogP contribution is 2.36. The first kappa shape index (κ1) is 53.2. The van der Waals surface area contributed by atoms with Crippen LogP contribution in [0.15, 0.2) is 108 Å². The molecule has 20 heteroatoms. The van der Waals surface area contributed by atoms with Crippen LogP contribution in [0, 0.1) is 50.0 Å². The summed E-state index contributed by atoms with van der Waals surface area (Å²) in [6.45, 7) is 5.18. The first-order valence-corrected chi connectivity index (χ1v) is 26.1. The van der Waals surface area contributed by atoms with Crippen LogP contribution in [0.4, 0.5) is 33.0 Å². The molecule has 0 saturated heterocycles. The van der Waals surface area contributed by atoms with Crippen molar-refractivity contribution < 1.29 is 45.0 Å². The number of halogens is 5. The van der Waals surface area contributed by atoms with Crippen molar-refractivity contribution in [2.24, 2.45) is 5.92 Å². The van der Waals surface area contributed by atoms with Crippen molar-refractivity contribution in [2.75, 3.05) is 5.32 Å². The van der Waals surface area contributed by atoms with E-state index in [4.69, 9.17) is 21.1 Å². The van der Waals surface area contributed by atoms with E-state index in [1.54, 1.807) is 26.0 Å². The van der Waals surface area contributed by atoms with Crippen molar-refractivity contribution in [2.45, 2.75) is 115 Å². The molecule has 9 rings (SSSR count). The number of alkyl carbamates (subject to hydrolysis) is 2. The number of aryl methyl sites for hydroxylation is 3. The Hall–Kier alpha value is -7.12. The SMILES string of the molecule is Cc1ccc(S(=O)(=O)n2cc(-c3nc(C)c(F)c(N[C@@H]4CCC[C@H](NC(=O)OCc5ccccc5)C4)n3)c3cc(F)cc(F)c32)cc1.Cc1nc(Cl)nc(C[C@H]2CCC[C@@H](NC(=O)OCc3ccccc3)C2)c1F. The van der Waals surface area contributed by atoms with Gasteiger partial charge in [0.1, 0.15) is 24.5 Å². The minimum absolute atomic E-state index is 0.00425. The number of benzene rings is 4. The van der Waals surface area contributed by atoms with Crippen molar-refractivity contribution in [3.05, 3.63) is 166 Å². The van der Waals surface area contributed by atoms with Crippen LogP contribution in [0.5, 0.6) is 0 Å². The van der Waals surface area contributed by atoms with Crippen molar-refractivity contribution >= 4 is 50.5 Å². The highest BCUT2D eigenvalue weighted by Gasteiger charge is 2.30. The fourth-order valence-electron chi connectivity index (χ4n) is 9.32. The summed E-state index contributed by atoms with van der Waals surface area (Å²) in [6.07, 6.45) is 6.81. The zero-order chi connectivity index (χ0) is 52.5. The van der Waals surface area contributed by atoms with Gasteiger partial charge in [0, 0.05) is 41.3 Å². The van der Waals surface area contributed by atoms with Crippen LogP contribution >= 0.6 is 11.6 Å². The lowest BCUT2D eigenvalue weighted by atomic mass is 9.83. The van der Waals surface area contributed by atoms with E-state index in [1.807, 2.05) is 60.7 Å². The second kappa shape index (κ2) is 23.8. The minimum atomic E-state index is -4.33. The predicted octanol–water partition coefficient (Wildman–Crippen LogP) is 11.6. The Balaban J connectivity index is 0.000000229. The molecule has 0 aliphatic heterocycles. The number of anilines is 1. The Morgan fingerprint density at radius 2 is 1.28 bits per heavy atom. The van der Waals surface area contributed by atoms with E-state index in [9.17, 15) is 26.8 Å². The molecule has 0 spiro atoms. The Kier molecular flexibility index (Phi) is 17.1. The van der Waals surface area contributed by atoms with Crippen LogP contribution in [0.3, 0.4) is 0 Å². The second-order valence-corrected chi connectivity index (χ2v) is 20.8. The van der Waals surface area contributed by atoms with Gasteiger partial charge < -0.3 is 25.4 Å². The van der Waals surface area contributed by atoms with Crippen molar-refractivity contribution in [1.82, 2.24) is 34.5 Å². The van der Waals surface area contributed by atoms with E-state index in [2.05, 4.69) is 35.9 Å². The molecule has 388 valence electrons. The molecular weight excluding hydrogens is 1000 g/mol. The lowest BCUT2D eigenvalue weighted by Crippen LogP contribution is -2.42. The van der Waals surface area contributed by atoms with Gasteiger partial charge in [-0.3, -0.25) is 0 Å². The van der Waals surface area contributed by atoms with Crippen LogP contribution in [0.25, 0.3) is 22.3 Å². The summed E-state index contributed by atoms with van der Waals surface area (Å²) in [6, 6.07) is 26.0. The quantitative estimate of drug-likeness (QED) is 0.0739. The lowest BCUT2D eigenvalue weighted by molar-refractivity contribution is 0.130. The van der Waals surface area contributed by atoms with Gasteiger partial charge in [0.2, 0.25) is 5.28 Å². The fourth-order valence-corrected chi connectivity index (χ4v) is 10.9. The maximum Gasteiger partial charge on any atom is 0.407 e. The number of rotatable bonds is 13. The summed E-state index contributed by atoms with van der Waals surface area (Å²) in [5.41, 5.74) is 2.81. The van der Waals surface area contributed by atoms with Crippen molar-refractivity contribution in [1.29, 1.82) is 0 Å². The zero-order valence-corrected chi connectivity index (χ0v) is 42.5. The van der Waals surface area contributed by atoms with E-state index in [0.717, 1.165) is 65.0 Å². The molecule has 2 amide bonds. The summed E-state index contributed by atoms with van der Waals surface area (Å²) in [4.78, 5) is 40.9. The molecule has 74 heavy (non-hydrogen) atoms. The highest BCUT2D eigenvalue weighted by molar-refractivity contribution is 7.90. The molecule has 3 aromatic heterocycles. The number of aromatic nitrogens is 5. The van der Waals surface area contributed by atoms with E-state index < -0.39 is 45.5 Å². The van der Waals surface area contributed by atoms with Crippen LogP contribution in [-0.2, 0) is 39.1 Å². The molecule has 3 N–H and O–H groups in total. The van der Waals surface area contributed by atoms with Gasteiger partial charge in [-0.05, 0) is 119 Å². The standard InChI is InChI=1S/C34H32F3N5O4S.C20H23ClFN3O2/c1-20-11-13-26(14-12-20)47(44,45)42-18-28(27-15-23(35)16-29(36)31(27)42)32-38-21(2)30(37)33(41-32)39-24-9-6-10-25(17-24)40-34(43)46-19-22-7-4-3-5-8-22;1-13-18(22)17(25-19(21)23-13)11-15-8-5-9-16(10-15)24-20(26)27-12-14-6-3-2-4-7-14/h3-5,7-8,11-16,18,24-25H,6,9-10,17,19H2,1-2H3,(H,40,43)(H,38,39,41);2-4,6-7,15-16H,5,8-12H2,1H3,(H,24,26)/t24-,25+;15-,16+/m10/s1. The molecule has 4 atom stereocenters. The molecule has 2 saturated carbocycles. The monoisotopic (exact) mass is 1050 g/mol. The maximum absolute atomic E-state index is 15.4. The number of hydrogen-bond donors (Lipinski definition) is 3. The molecular formula is C54H55ClF4N8O6S. The molecule has 0 unspecified atom stereocenters. The highest BCUT2D eigenvalue weighted by atomic mass is 35.5. The van der Waals surface area contributed by atoms with Gasteiger partial charge in [-0.1, -0.05) is 84.8 Å². The number of fused-ring (bicyclic) bond motifs is 1. The third-order valence-corrected chi connectivity index (χ3v) is 14.9. The van der Waals surface area contributed by atoms with Gasteiger partial charge in [0.05, 0.1) is 22.0 Å². The Morgan fingerprint density at radius 3 is 1.92 bits per heavy atom. The van der Waals surface area contributed by atoms with Crippen molar-refractivity contribution in [3.8, 4) is 11.4 Å². The summed E-state index contributed by atoms with van der Waals surface area (Å²) in [5.74, 6) is -3.17. The summed E-state index contributed by atoms with van der Waals surface area (Å²) < 4.78 is 98.1. The molecule has 2 fully saturated rings.